The van der Waals surface area contributed by atoms with E-state index in [1.807, 2.05) is 0 Å². The lowest BCUT2D eigenvalue weighted by Gasteiger charge is -2.39. The van der Waals surface area contributed by atoms with Gasteiger partial charge in [0.1, 0.15) is 0 Å². The number of carboxylic acids is 2. The van der Waals surface area contributed by atoms with Gasteiger partial charge in [-0.15, -0.1) is 0 Å². The number of halogens is 6. The molecule has 0 fully saturated rings. The Bertz CT molecular complexity index is 1670. The highest BCUT2D eigenvalue weighted by Gasteiger charge is 2.74. The highest BCUT2D eigenvalue weighted by Crippen LogP contribution is 2.57. The van der Waals surface area contributed by atoms with E-state index < -0.39 is 52.0 Å². The van der Waals surface area contributed by atoms with Crippen LogP contribution in [0.5, 0.6) is 0 Å². The Morgan fingerprint density at radius 3 is 1.12 bits per heavy atom. The fraction of sp³-hybridized carbons (Fsp3) is 0.0909. The minimum atomic E-state index is -6.24. The van der Waals surface area contributed by atoms with Crippen LogP contribution < -0.4 is 0 Å². The van der Waals surface area contributed by atoms with Crippen molar-refractivity contribution in [1.82, 2.24) is 0 Å². The summed E-state index contributed by atoms with van der Waals surface area (Å²) in [4.78, 5) is 24.3. The highest BCUT2D eigenvalue weighted by atomic mass is 19.4. The maximum absolute atomic E-state index is 14.9. The van der Waals surface area contributed by atoms with Gasteiger partial charge in [-0.25, -0.2) is 9.59 Å². The fourth-order valence-corrected chi connectivity index (χ4v) is 4.50. The smallest absolute Gasteiger partial charge is 0.411 e. The first kappa shape index (κ1) is 30.5. The van der Waals surface area contributed by atoms with E-state index in [0.717, 1.165) is 12.1 Å². The molecule has 216 valence electrons. The molecule has 4 nitrogen and oxygen atoms in total. The zero-order chi connectivity index (χ0) is 31.4. The van der Waals surface area contributed by atoms with Crippen LogP contribution in [0.25, 0.3) is 0 Å². The molecule has 4 aromatic rings. The summed E-state index contributed by atoms with van der Waals surface area (Å²) in [6.07, 6.45) is -12.5. The van der Waals surface area contributed by atoms with Crippen LogP contribution in [-0.2, 0) is 5.41 Å². The van der Waals surface area contributed by atoms with Crippen molar-refractivity contribution in [2.45, 2.75) is 17.8 Å². The maximum atomic E-state index is 14.9. The van der Waals surface area contributed by atoms with Gasteiger partial charge in [-0.3, -0.25) is 0 Å². The number of carbonyl (C=O) groups is 2. The third-order valence-corrected chi connectivity index (χ3v) is 6.41. The minimum Gasteiger partial charge on any atom is -0.478 e. The first-order valence-electron chi connectivity index (χ1n) is 12.3. The van der Waals surface area contributed by atoms with Gasteiger partial charge in [-0.1, -0.05) is 72.2 Å². The number of rotatable bonds is 4. The summed E-state index contributed by atoms with van der Waals surface area (Å²) in [5.41, 5.74) is -10.6. The molecule has 0 atom stereocenters. The van der Waals surface area contributed by atoms with Crippen molar-refractivity contribution in [3.05, 3.63) is 142 Å². The molecule has 0 saturated heterocycles. The molecule has 0 amide bonds. The lowest BCUT2D eigenvalue weighted by molar-refractivity contribution is -0.288. The summed E-state index contributed by atoms with van der Waals surface area (Å²) in [6, 6.07) is 20.0. The van der Waals surface area contributed by atoms with Crippen molar-refractivity contribution in [3.8, 4) is 23.7 Å². The van der Waals surface area contributed by atoms with Gasteiger partial charge in [0.15, 0.2) is 0 Å². The van der Waals surface area contributed by atoms with Crippen LogP contribution in [0.3, 0.4) is 0 Å². The Morgan fingerprint density at radius 2 is 0.814 bits per heavy atom. The first-order chi connectivity index (χ1) is 20.3. The van der Waals surface area contributed by atoms with Gasteiger partial charge < -0.3 is 10.2 Å². The monoisotopic (exact) mass is 592 g/mol. The lowest BCUT2D eigenvalue weighted by Crippen LogP contribution is -2.56. The van der Waals surface area contributed by atoms with Crippen molar-refractivity contribution in [2.24, 2.45) is 0 Å². The van der Waals surface area contributed by atoms with Gasteiger partial charge in [0.25, 0.3) is 0 Å². The van der Waals surface area contributed by atoms with Crippen LogP contribution in [-0.4, -0.2) is 34.5 Å². The maximum Gasteiger partial charge on any atom is 0.411 e. The summed E-state index contributed by atoms with van der Waals surface area (Å²) in [5, 5.41) is 19.6. The van der Waals surface area contributed by atoms with Gasteiger partial charge in [-0.05, 0) is 59.7 Å². The molecule has 2 N–H and O–H groups in total. The Morgan fingerprint density at radius 1 is 0.488 bits per heavy atom. The molecule has 0 unspecified atom stereocenters. The second-order valence-corrected chi connectivity index (χ2v) is 9.11. The second-order valence-electron chi connectivity index (χ2n) is 9.11. The summed E-state index contributed by atoms with van der Waals surface area (Å²) < 4.78 is 89.4. The molecule has 0 bridgehead atoms. The summed E-state index contributed by atoms with van der Waals surface area (Å²) in [6.45, 7) is 0. The molecule has 4 aromatic carbocycles. The largest absolute Gasteiger partial charge is 0.478 e. The van der Waals surface area contributed by atoms with E-state index in [2.05, 4.69) is 23.7 Å². The quantitative estimate of drug-likeness (QED) is 0.193. The van der Waals surface area contributed by atoms with Crippen LogP contribution in [0.1, 0.15) is 54.1 Å². The van der Waals surface area contributed by atoms with Crippen molar-refractivity contribution < 1.29 is 46.1 Å². The molecule has 10 heteroatoms. The van der Waals surface area contributed by atoms with Crippen LogP contribution in [0.2, 0.25) is 0 Å². The Kier molecular flexibility index (Phi) is 8.36. The lowest BCUT2D eigenvalue weighted by atomic mass is 9.69. The molecule has 0 radical (unpaired) electrons. The Hall–Kier alpha value is -5.48. The molecule has 0 aromatic heterocycles. The third kappa shape index (κ3) is 6.09. The van der Waals surface area contributed by atoms with E-state index in [9.17, 15) is 46.1 Å². The summed E-state index contributed by atoms with van der Waals surface area (Å²) in [7, 11) is 0. The van der Waals surface area contributed by atoms with Crippen molar-refractivity contribution >= 4 is 11.9 Å². The minimum absolute atomic E-state index is 0.173. The zero-order valence-corrected chi connectivity index (χ0v) is 21.7. The molecule has 4 rings (SSSR count). The van der Waals surface area contributed by atoms with E-state index >= 15 is 0 Å². The average Bonchev–Trinajstić information content (AvgIpc) is 2.95. The molecule has 43 heavy (non-hydrogen) atoms. The number of alkyl halides is 6. The summed E-state index contributed by atoms with van der Waals surface area (Å²) >= 11 is 0. The Labute approximate surface area is 241 Å². The normalized spacial score (nSPS) is 11.5. The number of hydrogen-bond acceptors (Lipinski definition) is 2. The van der Waals surface area contributed by atoms with Gasteiger partial charge in [0.2, 0.25) is 5.41 Å². The number of aromatic carboxylic acids is 2. The van der Waals surface area contributed by atoms with Gasteiger partial charge in [0.05, 0.1) is 11.1 Å². The van der Waals surface area contributed by atoms with Gasteiger partial charge in [0, 0.05) is 22.3 Å². The van der Waals surface area contributed by atoms with E-state index in [1.54, 1.807) is 60.7 Å². The summed E-state index contributed by atoms with van der Waals surface area (Å²) in [5.74, 6) is 6.17. The topological polar surface area (TPSA) is 74.6 Å². The molecule has 0 heterocycles. The van der Waals surface area contributed by atoms with E-state index in [1.165, 1.54) is 0 Å². The SMILES string of the molecule is O=C(O)c1cc(C#Cc2ccccc2)ccc1C(c1ccc(C#Cc2ccccc2)cc1C(=O)O)(C(F)(F)F)C(F)(F)F. The fourth-order valence-electron chi connectivity index (χ4n) is 4.50. The van der Waals surface area contributed by atoms with Crippen LogP contribution >= 0.6 is 0 Å². The molecular formula is C33H18F6O4. The molecule has 0 aliphatic heterocycles. The molecule has 0 saturated carbocycles. The van der Waals surface area contributed by atoms with Crippen molar-refractivity contribution in [3.63, 3.8) is 0 Å². The van der Waals surface area contributed by atoms with Gasteiger partial charge >= 0.3 is 24.3 Å². The molecule has 0 aliphatic carbocycles. The molecule has 0 spiro atoms. The average molecular weight is 592 g/mol. The van der Waals surface area contributed by atoms with E-state index in [4.69, 9.17) is 0 Å². The van der Waals surface area contributed by atoms with Gasteiger partial charge in [-0.2, -0.15) is 26.3 Å². The van der Waals surface area contributed by atoms with Crippen molar-refractivity contribution in [2.75, 3.05) is 0 Å². The Balaban J connectivity index is 2.00. The van der Waals surface area contributed by atoms with Crippen LogP contribution in [0, 0.1) is 23.7 Å². The predicted molar refractivity (Wildman–Crippen MR) is 145 cm³/mol. The van der Waals surface area contributed by atoms with Crippen molar-refractivity contribution in [1.29, 1.82) is 0 Å². The van der Waals surface area contributed by atoms with E-state index in [-0.39, 0.29) is 11.1 Å². The van der Waals surface area contributed by atoms with Crippen LogP contribution in [0.4, 0.5) is 26.3 Å². The van der Waals surface area contributed by atoms with Crippen LogP contribution in [0.15, 0.2) is 97.1 Å². The number of benzene rings is 4. The highest BCUT2D eigenvalue weighted by molar-refractivity contribution is 5.93. The van der Waals surface area contributed by atoms with E-state index in [0.29, 0.717) is 35.4 Å². The first-order valence-corrected chi connectivity index (χ1v) is 12.3. The molecular weight excluding hydrogens is 574 g/mol. The standard InChI is InChI=1S/C33H18F6O4/c34-32(35,36)31(33(37,38)39,27-17-15-23(19-25(27)29(40)41)13-11-21-7-3-1-4-8-21)28-18-16-24(20-26(28)30(42)43)14-12-22-9-5-2-6-10-22/h1-10,15-20H,(H,40,41)(H,42,43). The molecule has 0 aliphatic rings. The second kappa shape index (κ2) is 11.8. The number of hydrogen-bond donors (Lipinski definition) is 2. The number of carboxylic acid groups (broad SMARTS) is 2. The predicted octanol–water partition coefficient (Wildman–Crippen LogP) is 7.29. The zero-order valence-electron chi connectivity index (χ0n) is 21.7. The third-order valence-electron chi connectivity index (χ3n) is 6.41.